The zero-order valence-electron chi connectivity index (χ0n) is 18.0. The summed E-state index contributed by atoms with van der Waals surface area (Å²) in [5, 5.41) is 2.76. The highest BCUT2D eigenvalue weighted by Crippen LogP contribution is 2.26. The minimum absolute atomic E-state index is 0.146. The van der Waals surface area contributed by atoms with Crippen molar-refractivity contribution in [3.8, 4) is 0 Å². The highest BCUT2D eigenvalue weighted by molar-refractivity contribution is 7.98. The zero-order chi connectivity index (χ0) is 23.3. The van der Waals surface area contributed by atoms with Gasteiger partial charge in [0.2, 0.25) is 5.91 Å². The smallest absolute Gasteiger partial charge is 0.262 e. The fourth-order valence-electron chi connectivity index (χ4n) is 3.43. The summed E-state index contributed by atoms with van der Waals surface area (Å²) >= 11 is 1.65. The number of nitrogens with zero attached hydrogens (tertiary/aromatic N) is 1. The van der Waals surface area contributed by atoms with Crippen LogP contribution in [0, 0.1) is 6.92 Å². The third-order valence-corrected chi connectivity index (χ3v) is 7.14. The Morgan fingerprint density at radius 3 is 2.19 bits per heavy atom. The predicted octanol–water partition coefficient (Wildman–Crippen LogP) is 2.44. The van der Waals surface area contributed by atoms with Crippen molar-refractivity contribution < 1.29 is 22.8 Å². The van der Waals surface area contributed by atoms with E-state index in [4.69, 9.17) is 0 Å². The largest absolute Gasteiger partial charge is 0.353 e. The lowest BCUT2D eigenvalue weighted by molar-refractivity contribution is -0.124. The van der Waals surface area contributed by atoms with Crippen LogP contribution in [0.2, 0.25) is 0 Å². The number of carbonyl (C=O) groups is 3. The van der Waals surface area contributed by atoms with E-state index in [0.717, 1.165) is 16.9 Å². The van der Waals surface area contributed by atoms with Gasteiger partial charge in [-0.3, -0.25) is 19.3 Å². The van der Waals surface area contributed by atoms with Crippen LogP contribution in [-0.4, -0.2) is 61.4 Å². The molecule has 0 fully saturated rings. The number of benzene rings is 2. The summed E-state index contributed by atoms with van der Waals surface area (Å²) in [5.74, 6) is -0.548. The molecule has 0 saturated carbocycles. The molecule has 0 radical (unpaired) electrons. The van der Waals surface area contributed by atoms with E-state index in [1.54, 1.807) is 23.9 Å². The fraction of sp³-hybridized carbons (Fsp3) is 0.348. The van der Waals surface area contributed by atoms with Crippen molar-refractivity contribution in [3.05, 3.63) is 70.8 Å². The molecule has 3 amide bonds. The second kappa shape index (κ2) is 10.3. The first-order valence-electron chi connectivity index (χ1n) is 10.2. The van der Waals surface area contributed by atoms with Gasteiger partial charge < -0.3 is 5.32 Å². The Morgan fingerprint density at radius 1 is 1.03 bits per heavy atom. The van der Waals surface area contributed by atoms with E-state index in [1.807, 2.05) is 19.1 Å². The van der Waals surface area contributed by atoms with Gasteiger partial charge >= 0.3 is 0 Å². The Morgan fingerprint density at radius 2 is 1.62 bits per heavy atom. The summed E-state index contributed by atoms with van der Waals surface area (Å²) in [5.41, 5.74) is 2.83. The van der Waals surface area contributed by atoms with Gasteiger partial charge in [-0.05, 0) is 31.0 Å². The third-order valence-electron chi connectivity index (χ3n) is 5.14. The molecule has 170 valence electrons. The summed E-state index contributed by atoms with van der Waals surface area (Å²) in [6.07, 6.45) is 0.915. The van der Waals surface area contributed by atoms with Crippen LogP contribution < -0.4 is 5.32 Å². The Kier molecular flexibility index (Phi) is 7.73. The lowest BCUT2D eigenvalue weighted by Gasteiger charge is -2.25. The first kappa shape index (κ1) is 24.0. The molecule has 0 bridgehead atoms. The molecule has 32 heavy (non-hydrogen) atoms. The molecule has 1 heterocycles. The van der Waals surface area contributed by atoms with Gasteiger partial charge in [0.25, 0.3) is 11.8 Å². The number of amides is 3. The molecule has 3 rings (SSSR count). The summed E-state index contributed by atoms with van der Waals surface area (Å²) in [7, 11) is -3.38. The maximum absolute atomic E-state index is 12.9. The Hall–Kier alpha value is -2.65. The first-order chi connectivity index (χ1) is 15.2. The number of carbonyl (C=O) groups excluding carboxylic acids is 3. The minimum Gasteiger partial charge on any atom is -0.353 e. The molecule has 1 aliphatic heterocycles. The normalized spacial score (nSPS) is 14.4. The number of sulfone groups is 1. The molecule has 0 spiro atoms. The summed E-state index contributed by atoms with van der Waals surface area (Å²) < 4.78 is 23.4. The first-order valence-corrected chi connectivity index (χ1v) is 13.4. The second-order valence-electron chi connectivity index (χ2n) is 7.79. The number of rotatable bonds is 10. The van der Waals surface area contributed by atoms with E-state index in [9.17, 15) is 22.8 Å². The number of imide groups is 1. The molecule has 0 aliphatic carbocycles. The van der Waals surface area contributed by atoms with Crippen LogP contribution in [0.5, 0.6) is 0 Å². The van der Waals surface area contributed by atoms with Gasteiger partial charge in [0, 0.05) is 24.3 Å². The number of aryl methyl sites for hydroxylation is 1. The number of hydrogen-bond acceptors (Lipinski definition) is 6. The number of hydrogen-bond donors (Lipinski definition) is 1. The van der Waals surface area contributed by atoms with Crippen molar-refractivity contribution in [2.24, 2.45) is 0 Å². The van der Waals surface area contributed by atoms with Crippen LogP contribution in [0.15, 0.2) is 48.5 Å². The minimum atomic E-state index is -3.38. The van der Waals surface area contributed by atoms with Crippen molar-refractivity contribution in [2.75, 3.05) is 24.3 Å². The van der Waals surface area contributed by atoms with E-state index in [-0.39, 0.29) is 23.3 Å². The maximum Gasteiger partial charge on any atom is 0.262 e. The highest BCUT2D eigenvalue weighted by Gasteiger charge is 2.42. The van der Waals surface area contributed by atoms with E-state index in [0.29, 0.717) is 12.3 Å². The highest BCUT2D eigenvalue weighted by atomic mass is 32.2. The van der Waals surface area contributed by atoms with E-state index in [2.05, 4.69) is 17.4 Å². The molecule has 0 aromatic heterocycles. The quantitative estimate of drug-likeness (QED) is 0.419. The van der Waals surface area contributed by atoms with E-state index in [1.165, 1.54) is 23.3 Å². The Balaban J connectivity index is 1.62. The second-order valence-corrected chi connectivity index (χ2v) is 11.2. The topological polar surface area (TPSA) is 101 Å². The molecule has 0 saturated heterocycles. The molecule has 1 N–H and O–H groups in total. The molecule has 1 aliphatic rings. The van der Waals surface area contributed by atoms with Crippen LogP contribution in [0.25, 0.3) is 0 Å². The van der Waals surface area contributed by atoms with Gasteiger partial charge in [0.05, 0.1) is 16.9 Å². The third kappa shape index (κ3) is 5.98. The van der Waals surface area contributed by atoms with Crippen LogP contribution in [0.4, 0.5) is 0 Å². The van der Waals surface area contributed by atoms with Gasteiger partial charge in [-0.15, -0.1) is 0 Å². The fourth-order valence-corrected chi connectivity index (χ4v) is 4.90. The van der Waals surface area contributed by atoms with Gasteiger partial charge in [0.15, 0.2) is 0 Å². The van der Waals surface area contributed by atoms with Crippen LogP contribution in [0.1, 0.15) is 38.3 Å². The van der Waals surface area contributed by atoms with Crippen LogP contribution >= 0.6 is 11.8 Å². The number of thioether (sulfide) groups is 1. The standard InChI is InChI=1S/C23H26N2O5S2/c1-16-7-9-17(10-8-16)15-31-13-12-24-21(26)20(11-14-32(2,29)30)25-22(27)18-5-3-4-6-19(18)23(25)28/h3-10,20H,11-15H2,1-2H3,(H,24,26). The summed E-state index contributed by atoms with van der Waals surface area (Å²) in [6.45, 7) is 2.37. The van der Waals surface area contributed by atoms with Crippen molar-refractivity contribution in [1.29, 1.82) is 0 Å². The summed E-state index contributed by atoms with van der Waals surface area (Å²) in [4.78, 5) is 39.4. The molecular formula is C23H26N2O5S2. The maximum atomic E-state index is 12.9. The summed E-state index contributed by atoms with van der Waals surface area (Å²) in [6, 6.07) is 13.4. The van der Waals surface area contributed by atoms with Gasteiger partial charge in [0.1, 0.15) is 15.9 Å². The predicted molar refractivity (Wildman–Crippen MR) is 125 cm³/mol. The van der Waals surface area contributed by atoms with Crippen molar-refractivity contribution in [3.63, 3.8) is 0 Å². The van der Waals surface area contributed by atoms with Crippen LogP contribution in [-0.2, 0) is 20.4 Å². The average Bonchev–Trinajstić information content (AvgIpc) is 3.00. The Labute approximate surface area is 192 Å². The SMILES string of the molecule is Cc1ccc(CSCCNC(=O)C(CCS(C)(=O)=O)N2C(=O)c3ccccc3C2=O)cc1. The average molecular weight is 475 g/mol. The molecular weight excluding hydrogens is 448 g/mol. The Bertz CT molecular complexity index is 1080. The molecule has 2 aromatic rings. The number of fused-ring (bicyclic) bond motifs is 1. The lowest BCUT2D eigenvalue weighted by atomic mass is 10.1. The number of nitrogens with one attached hydrogen (secondary N) is 1. The monoisotopic (exact) mass is 474 g/mol. The molecule has 1 unspecified atom stereocenters. The van der Waals surface area contributed by atoms with E-state index < -0.39 is 33.6 Å². The van der Waals surface area contributed by atoms with Gasteiger partial charge in [-0.1, -0.05) is 42.0 Å². The molecule has 1 atom stereocenters. The van der Waals surface area contributed by atoms with Crippen molar-refractivity contribution in [1.82, 2.24) is 10.2 Å². The van der Waals surface area contributed by atoms with Gasteiger partial charge in [-0.25, -0.2) is 8.42 Å². The van der Waals surface area contributed by atoms with Crippen molar-refractivity contribution in [2.45, 2.75) is 25.1 Å². The lowest BCUT2D eigenvalue weighted by Crippen LogP contribution is -2.50. The molecule has 7 nitrogen and oxygen atoms in total. The van der Waals surface area contributed by atoms with Gasteiger partial charge in [-0.2, -0.15) is 11.8 Å². The molecule has 9 heteroatoms. The van der Waals surface area contributed by atoms with E-state index >= 15 is 0 Å². The zero-order valence-corrected chi connectivity index (χ0v) is 19.7. The van der Waals surface area contributed by atoms with Crippen LogP contribution in [0.3, 0.4) is 0 Å². The van der Waals surface area contributed by atoms with Crippen molar-refractivity contribution >= 4 is 39.3 Å². The molecule has 2 aromatic carbocycles.